The van der Waals surface area contributed by atoms with Gasteiger partial charge in [0.15, 0.2) is 0 Å². The molecule has 212 valence electrons. The molecule has 9 heteroatoms. The van der Waals surface area contributed by atoms with Gasteiger partial charge in [-0.25, -0.2) is 0 Å². The summed E-state index contributed by atoms with van der Waals surface area (Å²) in [5.74, 6) is 11.7. The zero-order chi connectivity index (χ0) is 28.6. The van der Waals surface area contributed by atoms with Gasteiger partial charge in [0.25, 0.3) is 0 Å². The van der Waals surface area contributed by atoms with Crippen molar-refractivity contribution in [2.45, 2.75) is 80.6 Å². The monoisotopic (exact) mass is 550 g/mol. The molecule has 7 N–H and O–H groups in total. The van der Waals surface area contributed by atoms with Crippen molar-refractivity contribution in [2.75, 3.05) is 13.2 Å². The van der Waals surface area contributed by atoms with E-state index in [2.05, 4.69) is 23.7 Å². The van der Waals surface area contributed by atoms with Crippen molar-refractivity contribution in [3.05, 3.63) is 58.7 Å². The first-order valence-corrected chi connectivity index (χ1v) is 13.5. The Hall–Kier alpha value is -2.80. The van der Waals surface area contributed by atoms with Gasteiger partial charge in [0.05, 0.1) is 37.6 Å². The van der Waals surface area contributed by atoms with Crippen LogP contribution in [0, 0.1) is 23.7 Å². The second-order valence-corrected chi connectivity index (χ2v) is 10.6. The van der Waals surface area contributed by atoms with Crippen LogP contribution in [0.15, 0.2) is 36.4 Å². The Morgan fingerprint density at radius 3 is 1.55 bits per heavy atom. The summed E-state index contributed by atoms with van der Waals surface area (Å²) >= 11 is 0. The lowest BCUT2D eigenvalue weighted by Crippen LogP contribution is -2.48. The van der Waals surface area contributed by atoms with Gasteiger partial charge < -0.3 is 45.2 Å². The molecule has 8 atom stereocenters. The highest BCUT2D eigenvalue weighted by Crippen LogP contribution is 2.49. The zero-order valence-corrected chi connectivity index (χ0v) is 22.1. The number of benzene rings is 2. The van der Waals surface area contributed by atoms with Crippen molar-refractivity contribution in [1.29, 1.82) is 0 Å². The molecule has 2 aliphatic heterocycles. The third kappa shape index (κ3) is 5.29. The van der Waals surface area contributed by atoms with Crippen LogP contribution in [0.3, 0.4) is 0 Å². The molecule has 2 fully saturated rings. The lowest BCUT2D eigenvalue weighted by atomic mass is 9.87. The van der Waals surface area contributed by atoms with Crippen LogP contribution >= 0.6 is 0 Å². The maximum Gasteiger partial charge on any atom is 0.147 e. The molecule has 9 nitrogen and oxygen atoms in total. The SMILES string of the molecule is CCC1(O)c2cc(C#CC3OC(CO)CC(O)C3O)ccc2-c2ccc(C#CC3OC(CO)CC(O)C3O)cc21. The van der Waals surface area contributed by atoms with Crippen LogP contribution in [0.25, 0.3) is 11.1 Å². The molecule has 2 aromatic carbocycles. The van der Waals surface area contributed by atoms with E-state index in [1.165, 1.54) is 0 Å². The first kappa shape index (κ1) is 28.7. The summed E-state index contributed by atoms with van der Waals surface area (Å²) in [4.78, 5) is 0. The Bertz CT molecular complexity index is 1270. The van der Waals surface area contributed by atoms with Crippen LogP contribution in [-0.4, -0.2) is 97.8 Å². The van der Waals surface area contributed by atoms with Gasteiger partial charge in [0.2, 0.25) is 0 Å². The zero-order valence-electron chi connectivity index (χ0n) is 22.1. The highest BCUT2D eigenvalue weighted by atomic mass is 16.5. The summed E-state index contributed by atoms with van der Waals surface area (Å²) in [6, 6.07) is 11.0. The quantitative estimate of drug-likeness (QED) is 0.256. The molecule has 8 unspecified atom stereocenters. The fourth-order valence-electron chi connectivity index (χ4n) is 5.61. The minimum absolute atomic E-state index is 0.127. The average Bonchev–Trinajstić information content (AvgIpc) is 3.21. The van der Waals surface area contributed by atoms with Crippen molar-refractivity contribution < 1.29 is 45.2 Å². The number of hydrogen-bond acceptors (Lipinski definition) is 9. The van der Waals surface area contributed by atoms with E-state index in [0.29, 0.717) is 28.7 Å². The fourth-order valence-corrected chi connectivity index (χ4v) is 5.61. The van der Waals surface area contributed by atoms with Crippen LogP contribution in [0.2, 0.25) is 0 Å². The summed E-state index contributed by atoms with van der Waals surface area (Å²) in [5.41, 5.74) is 2.95. The molecule has 3 aliphatic rings. The van der Waals surface area contributed by atoms with E-state index in [4.69, 9.17) is 9.47 Å². The number of rotatable bonds is 3. The van der Waals surface area contributed by atoms with Gasteiger partial charge in [-0.05, 0) is 52.9 Å². The predicted octanol–water partition coefficient (Wildman–Crippen LogP) is -0.241. The minimum atomic E-state index is -1.31. The van der Waals surface area contributed by atoms with E-state index in [9.17, 15) is 35.7 Å². The number of aliphatic hydroxyl groups is 7. The molecular formula is C31H34O9. The van der Waals surface area contributed by atoms with E-state index in [-0.39, 0.29) is 26.1 Å². The van der Waals surface area contributed by atoms with E-state index >= 15 is 0 Å². The van der Waals surface area contributed by atoms with E-state index in [0.717, 1.165) is 11.1 Å². The van der Waals surface area contributed by atoms with Crippen molar-refractivity contribution in [3.63, 3.8) is 0 Å². The van der Waals surface area contributed by atoms with E-state index < -0.39 is 54.4 Å². The molecule has 5 rings (SSSR count). The summed E-state index contributed by atoms with van der Waals surface area (Å²) in [5, 5.41) is 71.3. The third-order valence-electron chi connectivity index (χ3n) is 7.95. The molecule has 2 aromatic rings. The third-order valence-corrected chi connectivity index (χ3v) is 7.95. The lowest BCUT2D eigenvalue weighted by molar-refractivity contribution is -0.157. The standard InChI is InChI=1S/C31H34O9/c1-2-31(38)23-11-17(5-9-27-29(36)25(34)13-19(15-32)39-27)3-7-21(23)22-8-4-18(12-24(22)31)6-10-28-30(37)26(35)14-20(16-33)40-28/h3-4,7-8,11-12,19-20,25-30,32-38H,2,13-16H2,1H3. The van der Waals surface area contributed by atoms with Gasteiger partial charge in [-0.3, -0.25) is 0 Å². The Kier molecular flexibility index (Phi) is 8.32. The Labute approximate surface area is 232 Å². The summed E-state index contributed by atoms with van der Waals surface area (Å²) in [6.45, 7) is 1.31. The van der Waals surface area contributed by atoms with Crippen LogP contribution in [0.5, 0.6) is 0 Å². The molecule has 0 radical (unpaired) electrons. The van der Waals surface area contributed by atoms with E-state index in [1.807, 2.05) is 31.2 Å². The first-order valence-electron chi connectivity index (χ1n) is 13.5. The molecule has 40 heavy (non-hydrogen) atoms. The maximum absolute atomic E-state index is 11.8. The minimum Gasteiger partial charge on any atom is -0.394 e. The van der Waals surface area contributed by atoms with Gasteiger partial charge in [-0.2, -0.15) is 0 Å². The molecular weight excluding hydrogens is 516 g/mol. The van der Waals surface area contributed by atoms with Crippen molar-refractivity contribution >= 4 is 0 Å². The van der Waals surface area contributed by atoms with Crippen molar-refractivity contribution in [1.82, 2.24) is 0 Å². The summed E-state index contributed by atoms with van der Waals surface area (Å²) < 4.78 is 11.2. The molecule has 0 saturated carbocycles. The number of ether oxygens (including phenoxy) is 2. The highest BCUT2D eigenvalue weighted by Gasteiger charge is 2.41. The lowest BCUT2D eigenvalue weighted by Gasteiger charge is -2.33. The van der Waals surface area contributed by atoms with Crippen molar-refractivity contribution in [2.24, 2.45) is 0 Å². The van der Waals surface area contributed by atoms with Gasteiger partial charge in [0.1, 0.15) is 30.0 Å². The van der Waals surface area contributed by atoms with Crippen LogP contribution in [-0.2, 0) is 15.1 Å². The Morgan fingerprint density at radius 2 is 1.18 bits per heavy atom. The van der Waals surface area contributed by atoms with Crippen LogP contribution in [0.1, 0.15) is 48.4 Å². The number of fused-ring (bicyclic) bond motifs is 3. The topological polar surface area (TPSA) is 160 Å². The molecule has 0 aromatic heterocycles. The second kappa shape index (κ2) is 11.6. The predicted molar refractivity (Wildman–Crippen MR) is 144 cm³/mol. The molecule has 1 aliphatic carbocycles. The van der Waals surface area contributed by atoms with Gasteiger partial charge in [0, 0.05) is 24.0 Å². The highest BCUT2D eigenvalue weighted by molar-refractivity contribution is 5.81. The molecule has 2 saturated heterocycles. The smallest absolute Gasteiger partial charge is 0.147 e. The van der Waals surface area contributed by atoms with Crippen LogP contribution in [0.4, 0.5) is 0 Å². The maximum atomic E-state index is 11.8. The van der Waals surface area contributed by atoms with Gasteiger partial charge in [-0.1, -0.05) is 42.7 Å². The molecule has 2 heterocycles. The largest absolute Gasteiger partial charge is 0.394 e. The molecule has 0 bridgehead atoms. The molecule has 0 amide bonds. The normalized spacial score (nSPS) is 34.6. The first-order chi connectivity index (χ1) is 19.2. The number of hydrogen-bond donors (Lipinski definition) is 7. The Morgan fingerprint density at radius 1 is 0.750 bits per heavy atom. The molecule has 0 spiro atoms. The van der Waals surface area contributed by atoms with Gasteiger partial charge in [-0.15, -0.1) is 0 Å². The average molecular weight is 551 g/mol. The van der Waals surface area contributed by atoms with Gasteiger partial charge >= 0.3 is 0 Å². The fraction of sp³-hybridized carbons (Fsp3) is 0.484. The second-order valence-electron chi connectivity index (χ2n) is 10.6. The summed E-state index contributed by atoms with van der Waals surface area (Å²) in [7, 11) is 0. The number of aliphatic hydroxyl groups excluding tert-OH is 6. The van der Waals surface area contributed by atoms with Crippen molar-refractivity contribution in [3.8, 4) is 34.8 Å². The summed E-state index contributed by atoms with van der Waals surface area (Å²) in [6.07, 6.45) is -6.98. The van der Waals surface area contributed by atoms with Crippen LogP contribution < -0.4 is 0 Å². The van der Waals surface area contributed by atoms with E-state index in [1.54, 1.807) is 12.1 Å². The Balaban J connectivity index is 1.42.